The van der Waals surface area contributed by atoms with Gasteiger partial charge in [0.05, 0.1) is 7.11 Å². The van der Waals surface area contributed by atoms with Gasteiger partial charge in [-0.15, -0.1) is 0 Å². The molecule has 2 rings (SSSR count). The van der Waals surface area contributed by atoms with E-state index in [0.717, 1.165) is 5.56 Å². The number of hydrogen-bond acceptors (Lipinski definition) is 6. The highest BCUT2D eigenvalue weighted by atomic mass is 16.6. The highest BCUT2D eigenvalue weighted by molar-refractivity contribution is 5.81. The van der Waals surface area contributed by atoms with Gasteiger partial charge in [-0.1, -0.05) is 42.5 Å². The minimum absolute atomic E-state index is 0.0562. The Hall–Kier alpha value is -3.22. The largest absolute Gasteiger partial charge is 0.504 e. The van der Waals surface area contributed by atoms with Gasteiger partial charge in [0.2, 0.25) is 0 Å². The fourth-order valence-corrected chi connectivity index (χ4v) is 2.63. The quantitative estimate of drug-likeness (QED) is 0.689. The van der Waals surface area contributed by atoms with Gasteiger partial charge in [0.1, 0.15) is 18.2 Å². The van der Waals surface area contributed by atoms with Crippen molar-refractivity contribution in [3.63, 3.8) is 0 Å². The van der Waals surface area contributed by atoms with Gasteiger partial charge in [0.25, 0.3) is 0 Å². The zero-order valence-electron chi connectivity index (χ0n) is 17.1. The van der Waals surface area contributed by atoms with Crippen LogP contribution in [-0.4, -0.2) is 35.9 Å². The van der Waals surface area contributed by atoms with Crippen LogP contribution in [0.1, 0.15) is 31.9 Å². The van der Waals surface area contributed by atoms with Crippen LogP contribution >= 0.6 is 0 Å². The molecule has 1 amide bonds. The van der Waals surface area contributed by atoms with Crippen LogP contribution in [0.5, 0.6) is 11.5 Å². The van der Waals surface area contributed by atoms with E-state index in [2.05, 4.69) is 5.32 Å². The lowest BCUT2D eigenvalue weighted by molar-refractivity contribution is -0.143. The summed E-state index contributed by atoms with van der Waals surface area (Å²) in [6.45, 7) is 5.42. The molecular formula is C22H27NO6. The van der Waals surface area contributed by atoms with E-state index in [1.54, 1.807) is 32.9 Å². The zero-order valence-corrected chi connectivity index (χ0v) is 17.1. The van der Waals surface area contributed by atoms with Crippen molar-refractivity contribution in [3.8, 4) is 11.5 Å². The minimum atomic E-state index is -1.00. The zero-order chi connectivity index (χ0) is 21.4. The van der Waals surface area contributed by atoms with Crippen LogP contribution in [0.4, 0.5) is 4.79 Å². The molecule has 7 heteroatoms. The standard InChI is InChI=1S/C22H27NO6/c1-22(2,3)29-21(26)23-17(20(25)27-4)13-16-11-8-12-18(24)19(16)28-14-15-9-6-5-7-10-15/h5-12,17,24H,13-14H2,1-4H3,(H,23,26). The predicted molar refractivity (Wildman–Crippen MR) is 108 cm³/mol. The number of para-hydroxylation sites is 1. The monoisotopic (exact) mass is 401 g/mol. The highest BCUT2D eigenvalue weighted by Crippen LogP contribution is 2.32. The summed E-state index contributed by atoms with van der Waals surface area (Å²) in [6, 6.07) is 13.3. The molecule has 0 aliphatic rings. The molecule has 2 aromatic rings. The number of carbonyl (C=O) groups is 2. The molecule has 29 heavy (non-hydrogen) atoms. The third-order valence-corrected chi connectivity index (χ3v) is 3.90. The van der Waals surface area contributed by atoms with E-state index in [4.69, 9.17) is 14.2 Å². The third-order valence-electron chi connectivity index (χ3n) is 3.90. The SMILES string of the molecule is COC(=O)C(Cc1cccc(O)c1OCc1ccccc1)NC(=O)OC(C)(C)C. The molecule has 0 aromatic heterocycles. The Morgan fingerprint density at radius 1 is 1.07 bits per heavy atom. The maximum absolute atomic E-state index is 12.2. The second-order valence-corrected chi connectivity index (χ2v) is 7.47. The normalized spacial score (nSPS) is 12.0. The molecule has 7 nitrogen and oxygen atoms in total. The van der Waals surface area contributed by atoms with Gasteiger partial charge < -0.3 is 24.6 Å². The number of alkyl carbamates (subject to hydrolysis) is 1. The van der Waals surface area contributed by atoms with Gasteiger partial charge >= 0.3 is 12.1 Å². The van der Waals surface area contributed by atoms with Crippen LogP contribution in [0.25, 0.3) is 0 Å². The van der Waals surface area contributed by atoms with Crippen LogP contribution in [-0.2, 0) is 27.3 Å². The number of phenols is 1. The van der Waals surface area contributed by atoms with Crippen LogP contribution in [0, 0.1) is 0 Å². The lowest BCUT2D eigenvalue weighted by Crippen LogP contribution is -2.45. The van der Waals surface area contributed by atoms with Crippen LogP contribution < -0.4 is 10.1 Å². The maximum atomic E-state index is 12.2. The number of aromatic hydroxyl groups is 1. The number of rotatable bonds is 7. The van der Waals surface area contributed by atoms with E-state index in [-0.39, 0.29) is 24.5 Å². The van der Waals surface area contributed by atoms with Crippen LogP contribution in [0.3, 0.4) is 0 Å². The fraction of sp³-hybridized carbons (Fsp3) is 0.364. The van der Waals surface area contributed by atoms with Crippen molar-refractivity contribution < 1.29 is 28.9 Å². The lowest BCUT2D eigenvalue weighted by Gasteiger charge is -2.23. The first-order chi connectivity index (χ1) is 13.7. The summed E-state index contributed by atoms with van der Waals surface area (Å²) in [5.41, 5.74) is 0.769. The molecule has 0 aliphatic carbocycles. The molecule has 1 unspecified atom stereocenters. The van der Waals surface area contributed by atoms with Crippen molar-refractivity contribution in [2.75, 3.05) is 7.11 Å². The van der Waals surface area contributed by atoms with Crippen molar-refractivity contribution in [1.82, 2.24) is 5.32 Å². The van der Waals surface area contributed by atoms with E-state index in [1.165, 1.54) is 13.2 Å². The average Bonchev–Trinajstić information content (AvgIpc) is 2.65. The summed E-state index contributed by atoms with van der Waals surface area (Å²) in [6.07, 6.45) is -0.676. The molecule has 0 radical (unpaired) electrons. The molecule has 0 bridgehead atoms. The number of phenolic OH excluding ortho intramolecular Hbond substituents is 1. The number of nitrogens with one attached hydrogen (secondary N) is 1. The number of methoxy groups -OCH3 is 1. The van der Waals surface area contributed by atoms with Gasteiger partial charge in [-0.05, 0) is 32.4 Å². The van der Waals surface area contributed by atoms with Gasteiger partial charge in [0.15, 0.2) is 11.5 Å². The predicted octanol–water partition coefficient (Wildman–Crippen LogP) is 3.58. The molecule has 2 N–H and O–H groups in total. The smallest absolute Gasteiger partial charge is 0.408 e. The van der Waals surface area contributed by atoms with E-state index < -0.39 is 23.7 Å². The topological polar surface area (TPSA) is 94.1 Å². The molecule has 0 heterocycles. The molecule has 156 valence electrons. The average molecular weight is 401 g/mol. The van der Waals surface area contributed by atoms with Crippen molar-refractivity contribution in [1.29, 1.82) is 0 Å². The highest BCUT2D eigenvalue weighted by Gasteiger charge is 2.27. The first-order valence-electron chi connectivity index (χ1n) is 9.24. The Balaban J connectivity index is 2.18. The van der Waals surface area contributed by atoms with E-state index in [0.29, 0.717) is 5.56 Å². The van der Waals surface area contributed by atoms with E-state index in [1.807, 2.05) is 30.3 Å². The number of carbonyl (C=O) groups excluding carboxylic acids is 2. The molecule has 0 saturated carbocycles. The van der Waals surface area contributed by atoms with Gasteiger partial charge in [-0.3, -0.25) is 0 Å². The van der Waals surface area contributed by atoms with E-state index in [9.17, 15) is 14.7 Å². The number of benzene rings is 2. The summed E-state index contributed by atoms with van der Waals surface area (Å²) in [7, 11) is 1.24. The number of esters is 1. The molecule has 2 aromatic carbocycles. The Kier molecular flexibility index (Phi) is 7.47. The summed E-state index contributed by atoms with van der Waals surface area (Å²) >= 11 is 0. The van der Waals surface area contributed by atoms with Crippen LogP contribution in [0.2, 0.25) is 0 Å². The Bertz CT molecular complexity index is 829. The van der Waals surface area contributed by atoms with Gasteiger partial charge in [0, 0.05) is 12.0 Å². The molecule has 1 atom stereocenters. The van der Waals surface area contributed by atoms with E-state index >= 15 is 0 Å². The lowest BCUT2D eigenvalue weighted by atomic mass is 10.0. The number of ether oxygens (including phenoxy) is 3. The van der Waals surface area contributed by atoms with Gasteiger partial charge in [-0.25, -0.2) is 9.59 Å². The first kappa shape index (κ1) is 22.1. The minimum Gasteiger partial charge on any atom is -0.504 e. The number of amides is 1. The maximum Gasteiger partial charge on any atom is 0.408 e. The summed E-state index contributed by atoms with van der Waals surface area (Å²) in [5, 5.41) is 12.8. The molecule has 0 saturated heterocycles. The van der Waals surface area contributed by atoms with Crippen molar-refractivity contribution >= 4 is 12.1 Å². The van der Waals surface area contributed by atoms with Crippen LogP contribution in [0.15, 0.2) is 48.5 Å². The summed E-state index contributed by atoms with van der Waals surface area (Å²) in [4.78, 5) is 24.3. The molecule has 0 aliphatic heterocycles. The third kappa shape index (κ3) is 7.03. The summed E-state index contributed by atoms with van der Waals surface area (Å²) in [5.74, 6) is -0.441. The Morgan fingerprint density at radius 3 is 2.38 bits per heavy atom. The molecule has 0 fully saturated rings. The fourth-order valence-electron chi connectivity index (χ4n) is 2.63. The second-order valence-electron chi connectivity index (χ2n) is 7.47. The van der Waals surface area contributed by atoms with Crippen molar-refractivity contribution in [2.24, 2.45) is 0 Å². The first-order valence-corrected chi connectivity index (χ1v) is 9.24. The number of hydrogen-bond donors (Lipinski definition) is 2. The second kappa shape index (κ2) is 9.82. The van der Waals surface area contributed by atoms with Crippen molar-refractivity contribution in [2.45, 2.75) is 45.4 Å². The summed E-state index contributed by atoms with van der Waals surface area (Å²) < 4.78 is 15.8. The molecular weight excluding hydrogens is 374 g/mol. The Labute approximate surface area is 170 Å². The van der Waals surface area contributed by atoms with Crippen molar-refractivity contribution in [3.05, 3.63) is 59.7 Å². The Morgan fingerprint density at radius 2 is 1.76 bits per heavy atom. The molecule has 0 spiro atoms. The van der Waals surface area contributed by atoms with Gasteiger partial charge in [-0.2, -0.15) is 0 Å².